The predicted octanol–water partition coefficient (Wildman–Crippen LogP) is 1.85. The highest BCUT2D eigenvalue weighted by atomic mass is 19.4. The van der Waals surface area contributed by atoms with Crippen molar-refractivity contribution in [2.24, 2.45) is 5.73 Å². The molecule has 0 unspecified atom stereocenters. The van der Waals surface area contributed by atoms with Crippen LogP contribution in [0.5, 0.6) is 11.8 Å². The minimum Gasteiger partial charge on any atom is -0.468 e. The maximum absolute atomic E-state index is 12.0. The highest BCUT2D eigenvalue weighted by Gasteiger charge is 2.30. The Morgan fingerprint density at radius 2 is 1.45 bits per heavy atom. The van der Waals surface area contributed by atoms with Crippen molar-refractivity contribution in [3.05, 3.63) is 6.07 Å². The van der Waals surface area contributed by atoms with Gasteiger partial charge >= 0.3 is 18.4 Å². The third-order valence-electron chi connectivity index (χ3n) is 1.68. The molecular weight excluding hydrogens is 326 g/mol. The Hall–Kier alpha value is -2.47. The molecule has 0 fully saturated rings. The lowest BCUT2D eigenvalue weighted by atomic mass is 10.5. The molecule has 3 N–H and O–H groups in total. The molecule has 13 heteroatoms. The molecule has 2 amide bonds. The molecule has 1 heterocycles. The first-order valence-electron chi connectivity index (χ1n) is 5.29. The fourth-order valence-corrected chi connectivity index (χ4v) is 1.03. The predicted molar refractivity (Wildman–Crippen MR) is 58.3 cm³/mol. The van der Waals surface area contributed by atoms with E-state index in [1.54, 1.807) is 5.32 Å². The average molecular weight is 334 g/mol. The highest BCUT2D eigenvalue weighted by molar-refractivity contribution is 5.85. The van der Waals surface area contributed by atoms with E-state index in [1.165, 1.54) is 0 Å². The van der Waals surface area contributed by atoms with Crippen molar-refractivity contribution >= 4 is 12.0 Å². The van der Waals surface area contributed by atoms with Crippen LogP contribution >= 0.6 is 0 Å². The van der Waals surface area contributed by atoms with Crippen LogP contribution in [0, 0.1) is 0 Å². The third-order valence-corrected chi connectivity index (χ3v) is 1.68. The van der Waals surface area contributed by atoms with Crippen molar-refractivity contribution in [2.75, 3.05) is 18.5 Å². The van der Waals surface area contributed by atoms with Gasteiger partial charge in [0.05, 0.1) is 6.07 Å². The maximum atomic E-state index is 12.0. The summed E-state index contributed by atoms with van der Waals surface area (Å²) in [6.07, 6.45) is -9.40. The zero-order valence-electron chi connectivity index (χ0n) is 10.5. The number of primary amides is 1. The normalized spacial score (nSPS) is 11.9. The number of nitrogens with two attached hydrogens (primary N) is 1. The second-order valence-electron chi connectivity index (χ2n) is 3.66. The van der Waals surface area contributed by atoms with E-state index in [4.69, 9.17) is 5.73 Å². The number of hydrogen-bond donors (Lipinski definition) is 2. The number of urea groups is 1. The minimum atomic E-state index is -4.70. The number of alkyl halides is 6. The summed E-state index contributed by atoms with van der Waals surface area (Å²) in [6.45, 7) is -3.50. The number of carbonyl (C=O) groups is 1. The van der Waals surface area contributed by atoms with Crippen LogP contribution in [-0.4, -0.2) is 41.6 Å². The lowest BCUT2D eigenvalue weighted by molar-refractivity contribution is -0.154. The number of carbonyl (C=O) groups excluding carboxylic acids is 1. The van der Waals surface area contributed by atoms with Crippen LogP contribution in [0.15, 0.2) is 6.07 Å². The first kappa shape index (κ1) is 17.6. The van der Waals surface area contributed by atoms with Gasteiger partial charge in [0.2, 0.25) is 17.7 Å². The first-order valence-corrected chi connectivity index (χ1v) is 5.29. The Morgan fingerprint density at radius 1 is 1.05 bits per heavy atom. The number of nitrogens with zero attached hydrogens (tertiary/aromatic N) is 2. The molecule has 0 aliphatic carbocycles. The quantitative estimate of drug-likeness (QED) is 0.801. The summed E-state index contributed by atoms with van der Waals surface area (Å²) in [6, 6.07) is -0.585. The molecule has 1 aromatic rings. The largest absolute Gasteiger partial charge is 0.468 e. The van der Waals surface area contributed by atoms with Crippen LogP contribution in [0.3, 0.4) is 0 Å². The Labute approximate surface area is 118 Å². The van der Waals surface area contributed by atoms with Gasteiger partial charge in [-0.3, -0.25) is 5.32 Å². The van der Waals surface area contributed by atoms with Gasteiger partial charge in [-0.05, 0) is 0 Å². The summed E-state index contributed by atoms with van der Waals surface area (Å²) in [7, 11) is 0. The molecule has 0 spiro atoms. The van der Waals surface area contributed by atoms with Crippen LogP contribution < -0.4 is 20.5 Å². The first-order chi connectivity index (χ1) is 9.94. The van der Waals surface area contributed by atoms with E-state index in [-0.39, 0.29) is 0 Å². The molecule has 0 atom stereocenters. The number of rotatable bonds is 5. The Balaban J connectivity index is 2.92. The smallest absolute Gasteiger partial charge is 0.422 e. The van der Waals surface area contributed by atoms with Crippen molar-refractivity contribution < 1.29 is 40.6 Å². The number of ether oxygens (including phenoxy) is 2. The van der Waals surface area contributed by atoms with Crippen LogP contribution in [0.4, 0.5) is 37.1 Å². The Bertz CT molecular complexity index is 497. The molecule has 0 saturated carbocycles. The minimum absolute atomic E-state index is 0.601. The van der Waals surface area contributed by atoms with Crippen molar-refractivity contribution in [1.82, 2.24) is 9.97 Å². The molecule has 0 aromatic carbocycles. The van der Waals surface area contributed by atoms with Gasteiger partial charge in [0.25, 0.3) is 0 Å². The van der Waals surface area contributed by atoms with Crippen molar-refractivity contribution in [3.8, 4) is 11.8 Å². The monoisotopic (exact) mass is 334 g/mol. The van der Waals surface area contributed by atoms with Crippen molar-refractivity contribution in [1.29, 1.82) is 0 Å². The SMILES string of the molecule is NC(=O)Nc1nc(OCC(F)(F)F)cc(OCC(F)(F)F)n1. The van der Waals surface area contributed by atoms with E-state index in [0.29, 0.717) is 6.07 Å². The molecule has 7 nitrogen and oxygen atoms in total. The van der Waals surface area contributed by atoms with Crippen LogP contribution in [0.1, 0.15) is 0 Å². The van der Waals surface area contributed by atoms with Gasteiger partial charge in [-0.25, -0.2) is 4.79 Å². The lowest BCUT2D eigenvalue weighted by Gasteiger charge is -2.12. The van der Waals surface area contributed by atoms with Crippen LogP contribution in [-0.2, 0) is 0 Å². The fourth-order valence-electron chi connectivity index (χ4n) is 1.03. The van der Waals surface area contributed by atoms with Gasteiger partial charge < -0.3 is 15.2 Å². The lowest BCUT2D eigenvalue weighted by Crippen LogP contribution is -2.23. The average Bonchev–Trinajstić information content (AvgIpc) is 2.31. The highest BCUT2D eigenvalue weighted by Crippen LogP contribution is 2.23. The van der Waals surface area contributed by atoms with E-state index in [1.807, 2.05) is 0 Å². The molecule has 22 heavy (non-hydrogen) atoms. The van der Waals surface area contributed by atoms with E-state index in [2.05, 4.69) is 19.4 Å². The van der Waals surface area contributed by atoms with E-state index in [0.717, 1.165) is 0 Å². The van der Waals surface area contributed by atoms with Crippen molar-refractivity contribution in [2.45, 2.75) is 12.4 Å². The maximum Gasteiger partial charge on any atom is 0.422 e. The molecule has 1 rings (SSSR count). The standard InChI is InChI=1S/C9H8F6N4O3/c10-8(11,12)2-21-4-1-5(22-3-9(13,14)15)18-7(17-4)19-6(16)20/h1H,2-3H2,(H3,16,17,18,19,20). The van der Waals surface area contributed by atoms with Crippen LogP contribution in [0.25, 0.3) is 0 Å². The van der Waals surface area contributed by atoms with Gasteiger partial charge in [-0.15, -0.1) is 0 Å². The molecule has 0 radical (unpaired) electrons. The number of amides is 2. The van der Waals surface area contributed by atoms with Crippen LogP contribution in [0.2, 0.25) is 0 Å². The van der Waals surface area contributed by atoms with Gasteiger partial charge in [-0.2, -0.15) is 36.3 Å². The Morgan fingerprint density at radius 3 is 1.77 bits per heavy atom. The Kier molecular flexibility index (Phi) is 5.22. The van der Waals surface area contributed by atoms with E-state index >= 15 is 0 Å². The molecule has 124 valence electrons. The third kappa shape index (κ3) is 7.35. The molecule has 0 aliphatic heterocycles. The molecule has 0 aliphatic rings. The zero-order chi connectivity index (χ0) is 17.0. The number of anilines is 1. The van der Waals surface area contributed by atoms with E-state index in [9.17, 15) is 31.1 Å². The second kappa shape index (κ2) is 6.53. The van der Waals surface area contributed by atoms with E-state index < -0.39 is 49.3 Å². The van der Waals surface area contributed by atoms with Gasteiger partial charge in [0, 0.05) is 0 Å². The molecule has 0 bridgehead atoms. The molecular formula is C9H8F6N4O3. The topological polar surface area (TPSA) is 99.4 Å². The van der Waals surface area contributed by atoms with Gasteiger partial charge in [0.1, 0.15) is 0 Å². The summed E-state index contributed by atoms with van der Waals surface area (Å²) < 4.78 is 80.6. The summed E-state index contributed by atoms with van der Waals surface area (Å²) in [5.41, 5.74) is 4.74. The summed E-state index contributed by atoms with van der Waals surface area (Å²) in [5, 5.41) is 1.77. The number of nitrogens with one attached hydrogen (secondary N) is 1. The zero-order valence-corrected chi connectivity index (χ0v) is 10.5. The van der Waals surface area contributed by atoms with Crippen molar-refractivity contribution in [3.63, 3.8) is 0 Å². The summed E-state index contributed by atoms with van der Waals surface area (Å²) in [5.74, 6) is -2.19. The molecule has 0 saturated heterocycles. The van der Waals surface area contributed by atoms with Gasteiger partial charge in [0.15, 0.2) is 13.2 Å². The number of hydrogen-bond acceptors (Lipinski definition) is 5. The fraction of sp³-hybridized carbons (Fsp3) is 0.444. The number of aromatic nitrogens is 2. The number of halogens is 6. The second-order valence-corrected chi connectivity index (χ2v) is 3.66. The summed E-state index contributed by atoms with van der Waals surface area (Å²) >= 11 is 0. The molecule has 1 aromatic heterocycles. The summed E-state index contributed by atoms with van der Waals surface area (Å²) in [4.78, 5) is 17.2. The van der Waals surface area contributed by atoms with Gasteiger partial charge in [-0.1, -0.05) is 0 Å².